The van der Waals surface area contributed by atoms with Gasteiger partial charge in [-0.15, -0.1) is 17.0 Å². The summed E-state index contributed by atoms with van der Waals surface area (Å²) in [5.41, 5.74) is 0.00931. The van der Waals surface area contributed by atoms with Crippen LogP contribution in [0.1, 0.15) is 24.6 Å². The number of aromatic nitrogens is 1. The monoisotopic (exact) mass is 397 g/mol. The highest BCUT2D eigenvalue weighted by Crippen LogP contribution is 2.36. The molecular weight excluding hydrogens is 387 g/mol. The van der Waals surface area contributed by atoms with Gasteiger partial charge in [0.1, 0.15) is 0 Å². The van der Waals surface area contributed by atoms with Crippen LogP contribution in [-0.2, 0) is 12.6 Å². The molecule has 0 fully saturated rings. The van der Waals surface area contributed by atoms with Crippen LogP contribution in [0.15, 0.2) is 28.7 Å². The average Bonchev–Trinajstić information content (AvgIpc) is 2.27. The first-order valence-electron chi connectivity index (χ1n) is 5.59. The van der Waals surface area contributed by atoms with Crippen LogP contribution in [0.25, 0.3) is 10.9 Å². The van der Waals surface area contributed by atoms with Crippen molar-refractivity contribution in [1.82, 2.24) is 4.98 Å². The largest absolute Gasteiger partial charge is 0.418 e. The number of halogens is 5. The molecule has 1 aromatic carbocycles. The lowest BCUT2D eigenvalue weighted by Crippen LogP contribution is -2.07. The molecule has 0 spiro atoms. The van der Waals surface area contributed by atoms with Crippen LogP contribution in [0, 0.1) is 0 Å². The molecule has 19 heavy (non-hydrogen) atoms. The van der Waals surface area contributed by atoms with Crippen LogP contribution in [0.5, 0.6) is 0 Å². The summed E-state index contributed by atoms with van der Waals surface area (Å²) in [6.07, 6.45) is -2.86. The second kappa shape index (κ2) is 6.22. The molecule has 0 aliphatic rings. The maximum atomic E-state index is 12.9. The fourth-order valence-electron chi connectivity index (χ4n) is 1.87. The van der Waals surface area contributed by atoms with Gasteiger partial charge in [0.2, 0.25) is 0 Å². The molecule has 0 aliphatic heterocycles. The minimum absolute atomic E-state index is 0. The lowest BCUT2D eigenvalue weighted by atomic mass is 10.1. The van der Waals surface area contributed by atoms with Crippen molar-refractivity contribution in [1.29, 1.82) is 0 Å². The Kier molecular flexibility index (Phi) is 5.38. The Balaban J connectivity index is 0.00000180. The Morgan fingerprint density at radius 1 is 1.26 bits per heavy atom. The highest BCUT2D eigenvalue weighted by Gasteiger charge is 2.33. The van der Waals surface area contributed by atoms with Crippen molar-refractivity contribution < 1.29 is 13.2 Å². The number of hydrogen-bond donors (Lipinski definition) is 0. The molecule has 1 heterocycles. The standard InChI is InChI=1S/C13H11BrF3N.BrH/c1-2-4-8-7-11(14)9-5-3-6-10(12(9)18-8)13(15,16)17;/h3,5-7H,2,4H2,1H3;1H. The number of alkyl halides is 3. The van der Waals surface area contributed by atoms with E-state index in [-0.39, 0.29) is 22.5 Å². The van der Waals surface area contributed by atoms with Crippen molar-refractivity contribution >= 4 is 43.8 Å². The Morgan fingerprint density at radius 3 is 2.53 bits per heavy atom. The summed E-state index contributed by atoms with van der Waals surface area (Å²) >= 11 is 3.31. The average molecular weight is 399 g/mol. The lowest BCUT2D eigenvalue weighted by molar-refractivity contribution is -0.136. The Bertz CT molecular complexity index is 582. The molecule has 0 radical (unpaired) electrons. The van der Waals surface area contributed by atoms with Crippen molar-refractivity contribution in [3.8, 4) is 0 Å². The molecule has 0 bridgehead atoms. The van der Waals surface area contributed by atoms with E-state index in [1.807, 2.05) is 6.92 Å². The molecule has 6 heteroatoms. The fraction of sp³-hybridized carbons (Fsp3) is 0.308. The van der Waals surface area contributed by atoms with Crippen LogP contribution in [0.2, 0.25) is 0 Å². The highest BCUT2D eigenvalue weighted by molar-refractivity contribution is 9.10. The van der Waals surface area contributed by atoms with Gasteiger partial charge in [0, 0.05) is 15.6 Å². The van der Waals surface area contributed by atoms with E-state index in [9.17, 15) is 13.2 Å². The van der Waals surface area contributed by atoms with Crippen molar-refractivity contribution in [3.05, 3.63) is 40.0 Å². The summed E-state index contributed by atoms with van der Waals surface area (Å²) in [6, 6.07) is 5.89. The van der Waals surface area contributed by atoms with Crippen LogP contribution in [0.3, 0.4) is 0 Å². The van der Waals surface area contributed by atoms with Crippen LogP contribution < -0.4 is 0 Å². The van der Waals surface area contributed by atoms with Gasteiger partial charge in [-0.05, 0) is 18.6 Å². The van der Waals surface area contributed by atoms with Crippen molar-refractivity contribution in [2.45, 2.75) is 25.9 Å². The Morgan fingerprint density at radius 2 is 1.95 bits per heavy atom. The van der Waals surface area contributed by atoms with Crippen molar-refractivity contribution in [2.75, 3.05) is 0 Å². The van der Waals surface area contributed by atoms with Gasteiger partial charge in [-0.2, -0.15) is 13.2 Å². The van der Waals surface area contributed by atoms with E-state index in [4.69, 9.17) is 0 Å². The lowest BCUT2D eigenvalue weighted by Gasteiger charge is -2.11. The normalized spacial score (nSPS) is 11.4. The molecule has 0 saturated carbocycles. The smallest absolute Gasteiger partial charge is 0.252 e. The molecule has 0 unspecified atom stereocenters. The number of aryl methyl sites for hydroxylation is 1. The first-order valence-corrected chi connectivity index (χ1v) is 6.38. The second-order valence-corrected chi connectivity index (χ2v) is 4.90. The van der Waals surface area contributed by atoms with Crippen molar-refractivity contribution in [2.24, 2.45) is 0 Å². The molecule has 0 aliphatic carbocycles. The molecule has 2 rings (SSSR count). The Hall–Kier alpha value is -0.620. The van der Waals surface area contributed by atoms with Crippen LogP contribution in [-0.4, -0.2) is 4.98 Å². The zero-order valence-corrected chi connectivity index (χ0v) is 13.4. The van der Waals surface area contributed by atoms with E-state index in [0.29, 0.717) is 22.0 Å². The predicted octanol–water partition coefficient (Wildman–Crippen LogP) is 5.55. The maximum absolute atomic E-state index is 12.9. The van der Waals surface area contributed by atoms with E-state index in [1.165, 1.54) is 6.07 Å². The summed E-state index contributed by atoms with van der Waals surface area (Å²) in [5, 5.41) is 0.490. The predicted molar refractivity (Wildman–Crippen MR) is 78.8 cm³/mol. The molecule has 104 valence electrons. The number of para-hydroxylation sites is 1. The van der Waals surface area contributed by atoms with Gasteiger partial charge in [0.15, 0.2) is 0 Å². The van der Waals surface area contributed by atoms with E-state index in [1.54, 1.807) is 12.1 Å². The third-order valence-electron chi connectivity index (χ3n) is 2.65. The summed E-state index contributed by atoms with van der Waals surface area (Å²) in [6.45, 7) is 1.97. The summed E-state index contributed by atoms with van der Waals surface area (Å²) in [4.78, 5) is 4.14. The van der Waals surface area contributed by atoms with Gasteiger partial charge < -0.3 is 0 Å². The van der Waals surface area contributed by atoms with E-state index < -0.39 is 11.7 Å². The van der Waals surface area contributed by atoms with E-state index >= 15 is 0 Å². The van der Waals surface area contributed by atoms with Crippen LogP contribution >= 0.6 is 32.9 Å². The van der Waals surface area contributed by atoms with Gasteiger partial charge in [-0.25, -0.2) is 0 Å². The number of hydrogen-bond acceptors (Lipinski definition) is 1. The minimum atomic E-state index is -4.38. The van der Waals surface area contributed by atoms with Gasteiger partial charge in [-0.1, -0.05) is 41.4 Å². The third kappa shape index (κ3) is 3.48. The van der Waals surface area contributed by atoms with Gasteiger partial charge in [-0.3, -0.25) is 4.98 Å². The second-order valence-electron chi connectivity index (χ2n) is 4.04. The topological polar surface area (TPSA) is 12.9 Å². The first kappa shape index (κ1) is 16.4. The van der Waals surface area contributed by atoms with Gasteiger partial charge in [0.05, 0.1) is 11.1 Å². The zero-order valence-electron chi connectivity index (χ0n) is 10.1. The summed E-state index contributed by atoms with van der Waals surface area (Å²) in [5.74, 6) is 0. The molecule has 0 atom stereocenters. The zero-order chi connectivity index (χ0) is 13.3. The van der Waals surface area contributed by atoms with E-state index in [2.05, 4.69) is 20.9 Å². The summed E-state index contributed by atoms with van der Waals surface area (Å²) in [7, 11) is 0. The van der Waals surface area contributed by atoms with Crippen molar-refractivity contribution in [3.63, 3.8) is 0 Å². The quantitative estimate of drug-likeness (QED) is 0.646. The number of fused-ring (bicyclic) bond motifs is 1. The maximum Gasteiger partial charge on any atom is 0.418 e. The first-order chi connectivity index (χ1) is 8.43. The SMILES string of the molecule is Br.CCCc1cc(Br)c2cccc(C(F)(F)F)c2n1. The molecule has 0 N–H and O–H groups in total. The van der Waals surface area contributed by atoms with Gasteiger partial charge >= 0.3 is 6.18 Å². The summed E-state index contributed by atoms with van der Waals surface area (Å²) < 4.78 is 39.4. The van der Waals surface area contributed by atoms with E-state index in [0.717, 1.165) is 12.5 Å². The fourth-order valence-corrected chi connectivity index (χ4v) is 2.45. The molecule has 2 aromatic rings. The molecule has 0 amide bonds. The number of benzene rings is 1. The number of nitrogens with zero attached hydrogens (tertiary/aromatic N) is 1. The molecule has 1 nitrogen and oxygen atoms in total. The highest BCUT2D eigenvalue weighted by atomic mass is 79.9. The molecule has 0 saturated heterocycles. The number of pyridine rings is 1. The minimum Gasteiger partial charge on any atom is -0.252 e. The van der Waals surface area contributed by atoms with Gasteiger partial charge in [0.25, 0.3) is 0 Å². The van der Waals surface area contributed by atoms with Crippen LogP contribution in [0.4, 0.5) is 13.2 Å². The third-order valence-corrected chi connectivity index (χ3v) is 3.31. The number of rotatable bonds is 2. The molecule has 1 aromatic heterocycles. The molecular formula is C13H12Br2F3N. The Labute approximate surface area is 128 Å².